The monoisotopic (exact) mass is 291 g/mol. The summed E-state index contributed by atoms with van der Waals surface area (Å²) in [6.45, 7) is 8.83. The van der Waals surface area contributed by atoms with Crippen LogP contribution in [0.1, 0.15) is 19.8 Å². The molecule has 0 aliphatic carbocycles. The number of hydrogen-bond acceptors (Lipinski definition) is 4. The molecule has 4 heteroatoms. The maximum absolute atomic E-state index is 5.59. The van der Waals surface area contributed by atoms with E-state index >= 15 is 0 Å². The molecule has 1 fully saturated rings. The third-order valence-electron chi connectivity index (χ3n) is 4.26. The van der Waals surface area contributed by atoms with Gasteiger partial charge in [-0.1, -0.05) is 13.0 Å². The molecule has 0 bridgehead atoms. The summed E-state index contributed by atoms with van der Waals surface area (Å²) in [5.74, 6) is 1.68. The summed E-state index contributed by atoms with van der Waals surface area (Å²) < 4.78 is 5.31. The molecule has 4 nitrogen and oxygen atoms in total. The maximum Gasteiger partial charge on any atom is 0.120 e. The van der Waals surface area contributed by atoms with E-state index in [4.69, 9.17) is 10.5 Å². The molecule has 1 aliphatic rings. The number of ether oxygens (including phenoxy) is 1. The van der Waals surface area contributed by atoms with E-state index in [0.717, 1.165) is 50.8 Å². The van der Waals surface area contributed by atoms with Gasteiger partial charge >= 0.3 is 0 Å². The van der Waals surface area contributed by atoms with Gasteiger partial charge in [-0.05, 0) is 37.4 Å². The van der Waals surface area contributed by atoms with Crippen LogP contribution in [0.3, 0.4) is 0 Å². The molecule has 1 aromatic rings. The molecule has 1 aliphatic heterocycles. The molecular weight excluding hydrogens is 262 g/mol. The van der Waals surface area contributed by atoms with Crippen LogP contribution in [0.15, 0.2) is 24.3 Å². The second-order valence-corrected chi connectivity index (χ2v) is 6.03. The van der Waals surface area contributed by atoms with Crippen LogP contribution < -0.4 is 15.4 Å². The van der Waals surface area contributed by atoms with E-state index < -0.39 is 0 Å². The van der Waals surface area contributed by atoms with Crippen molar-refractivity contribution in [2.24, 2.45) is 11.7 Å². The number of nitrogens with two attached hydrogens (primary N) is 1. The topological polar surface area (TPSA) is 41.7 Å². The summed E-state index contributed by atoms with van der Waals surface area (Å²) in [4.78, 5) is 5.03. The fourth-order valence-electron chi connectivity index (χ4n) is 2.99. The van der Waals surface area contributed by atoms with Crippen LogP contribution in [0.4, 0.5) is 5.69 Å². The van der Waals surface area contributed by atoms with Crippen LogP contribution in [-0.4, -0.2) is 51.3 Å². The number of anilines is 1. The van der Waals surface area contributed by atoms with E-state index in [-0.39, 0.29) is 0 Å². The standard InChI is InChI=1S/C17H29N3O/c1-15(5-4-8-18)14-19-9-11-20(12-10-19)16-6-3-7-17(13-16)21-2/h3,6-7,13,15H,4-5,8-12,14,18H2,1-2H3. The van der Waals surface area contributed by atoms with Crippen LogP contribution in [0.5, 0.6) is 5.75 Å². The van der Waals surface area contributed by atoms with E-state index in [9.17, 15) is 0 Å². The molecule has 1 aromatic carbocycles. The zero-order valence-electron chi connectivity index (χ0n) is 13.4. The van der Waals surface area contributed by atoms with Gasteiger partial charge in [0.1, 0.15) is 5.75 Å². The minimum Gasteiger partial charge on any atom is -0.497 e. The number of hydrogen-bond donors (Lipinski definition) is 1. The Morgan fingerprint density at radius 2 is 2.00 bits per heavy atom. The lowest BCUT2D eigenvalue weighted by atomic mass is 10.0. The van der Waals surface area contributed by atoms with Crippen molar-refractivity contribution in [3.05, 3.63) is 24.3 Å². The van der Waals surface area contributed by atoms with Gasteiger partial charge in [-0.2, -0.15) is 0 Å². The van der Waals surface area contributed by atoms with Gasteiger partial charge in [-0.15, -0.1) is 0 Å². The minimum atomic E-state index is 0.747. The third-order valence-corrected chi connectivity index (χ3v) is 4.26. The molecular formula is C17H29N3O. The highest BCUT2D eigenvalue weighted by Gasteiger charge is 2.18. The first-order chi connectivity index (χ1) is 10.2. The Labute approximate surface area is 128 Å². The molecule has 118 valence electrons. The van der Waals surface area contributed by atoms with Gasteiger partial charge in [0.15, 0.2) is 0 Å². The highest BCUT2D eigenvalue weighted by molar-refractivity contribution is 5.51. The van der Waals surface area contributed by atoms with Crippen molar-refractivity contribution in [2.75, 3.05) is 51.3 Å². The van der Waals surface area contributed by atoms with E-state index in [0.29, 0.717) is 0 Å². The number of piperazine rings is 1. The smallest absolute Gasteiger partial charge is 0.120 e. The number of methoxy groups -OCH3 is 1. The number of nitrogens with zero attached hydrogens (tertiary/aromatic N) is 2. The second-order valence-electron chi connectivity index (χ2n) is 6.03. The first kappa shape index (κ1) is 16.1. The first-order valence-electron chi connectivity index (χ1n) is 8.04. The highest BCUT2D eigenvalue weighted by Crippen LogP contribution is 2.22. The highest BCUT2D eigenvalue weighted by atomic mass is 16.5. The van der Waals surface area contributed by atoms with E-state index in [1.54, 1.807) is 7.11 Å². The lowest BCUT2D eigenvalue weighted by molar-refractivity contribution is 0.219. The summed E-state index contributed by atoms with van der Waals surface area (Å²) in [6.07, 6.45) is 2.39. The van der Waals surface area contributed by atoms with Gasteiger partial charge in [-0.3, -0.25) is 4.90 Å². The minimum absolute atomic E-state index is 0.747. The van der Waals surface area contributed by atoms with Crippen molar-refractivity contribution in [2.45, 2.75) is 19.8 Å². The molecule has 1 unspecified atom stereocenters. The normalized spacial score (nSPS) is 17.8. The molecule has 0 radical (unpaired) electrons. The Morgan fingerprint density at radius 1 is 1.24 bits per heavy atom. The fraction of sp³-hybridized carbons (Fsp3) is 0.647. The summed E-state index contributed by atoms with van der Waals surface area (Å²) in [6, 6.07) is 8.36. The fourth-order valence-corrected chi connectivity index (χ4v) is 2.99. The Balaban J connectivity index is 1.79. The Morgan fingerprint density at radius 3 is 2.67 bits per heavy atom. The molecule has 0 aromatic heterocycles. The van der Waals surface area contributed by atoms with Gasteiger partial charge in [-0.25, -0.2) is 0 Å². The van der Waals surface area contributed by atoms with Crippen LogP contribution in [0.2, 0.25) is 0 Å². The Hall–Kier alpha value is -1.26. The molecule has 2 N–H and O–H groups in total. The average Bonchev–Trinajstić information content (AvgIpc) is 2.53. The molecule has 1 saturated heterocycles. The van der Waals surface area contributed by atoms with E-state index in [2.05, 4.69) is 34.9 Å². The quantitative estimate of drug-likeness (QED) is 0.836. The molecule has 21 heavy (non-hydrogen) atoms. The largest absolute Gasteiger partial charge is 0.497 e. The van der Waals surface area contributed by atoms with Crippen LogP contribution >= 0.6 is 0 Å². The lowest BCUT2D eigenvalue weighted by Crippen LogP contribution is -2.47. The third kappa shape index (κ3) is 4.90. The summed E-state index contributed by atoms with van der Waals surface area (Å²) in [5.41, 5.74) is 6.85. The maximum atomic E-state index is 5.59. The first-order valence-corrected chi connectivity index (χ1v) is 8.04. The van der Waals surface area contributed by atoms with Gasteiger partial charge in [0, 0.05) is 44.5 Å². The molecule has 0 amide bonds. The SMILES string of the molecule is COc1cccc(N2CCN(CC(C)CCCN)CC2)c1. The number of rotatable bonds is 7. The molecule has 0 saturated carbocycles. The van der Waals surface area contributed by atoms with Crippen LogP contribution in [0.25, 0.3) is 0 Å². The van der Waals surface area contributed by atoms with Crippen LogP contribution in [0, 0.1) is 5.92 Å². The second kappa shape index (κ2) is 8.25. The molecule has 0 spiro atoms. The zero-order valence-corrected chi connectivity index (χ0v) is 13.4. The Bertz CT molecular complexity index is 416. The molecule has 1 heterocycles. The van der Waals surface area contributed by atoms with Crippen LogP contribution in [-0.2, 0) is 0 Å². The zero-order chi connectivity index (χ0) is 15.1. The summed E-state index contributed by atoms with van der Waals surface area (Å²) >= 11 is 0. The van der Waals surface area contributed by atoms with E-state index in [1.165, 1.54) is 18.7 Å². The summed E-state index contributed by atoms with van der Waals surface area (Å²) in [7, 11) is 1.72. The van der Waals surface area contributed by atoms with Gasteiger partial charge in [0.05, 0.1) is 7.11 Å². The van der Waals surface area contributed by atoms with Crippen molar-refractivity contribution >= 4 is 5.69 Å². The lowest BCUT2D eigenvalue weighted by Gasteiger charge is -2.37. The van der Waals surface area contributed by atoms with Gasteiger partial charge in [0.2, 0.25) is 0 Å². The van der Waals surface area contributed by atoms with Crippen molar-refractivity contribution in [1.29, 1.82) is 0 Å². The van der Waals surface area contributed by atoms with Crippen molar-refractivity contribution < 1.29 is 4.74 Å². The average molecular weight is 291 g/mol. The van der Waals surface area contributed by atoms with E-state index in [1.807, 2.05) is 6.07 Å². The Kier molecular flexibility index (Phi) is 6.33. The van der Waals surface area contributed by atoms with Crippen molar-refractivity contribution in [3.8, 4) is 5.75 Å². The van der Waals surface area contributed by atoms with Gasteiger partial charge < -0.3 is 15.4 Å². The molecule has 1 atom stereocenters. The summed E-state index contributed by atoms with van der Waals surface area (Å²) in [5, 5.41) is 0. The number of benzene rings is 1. The molecule has 2 rings (SSSR count). The predicted octanol–water partition coefficient (Wildman–Crippen LogP) is 2.19. The van der Waals surface area contributed by atoms with Crippen molar-refractivity contribution in [3.63, 3.8) is 0 Å². The van der Waals surface area contributed by atoms with Gasteiger partial charge in [0.25, 0.3) is 0 Å². The van der Waals surface area contributed by atoms with Crippen molar-refractivity contribution in [1.82, 2.24) is 4.90 Å². The predicted molar refractivity (Wildman–Crippen MR) is 89.1 cm³/mol.